The fourth-order valence-electron chi connectivity index (χ4n) is 3.49. The monoisotopic (exact) mass is 518 g/mol. The Labute approximate surface area is 224 Å². The van der Waals surface area contributed by atoms with Crippen molar-refractivity contribution < 1.29 is 33.3 Å². The zero-order valence-corrected chi connectivity index (χ0v) is 22.9. The van der Waals surface area contributed by atoms with E-state index in [1.165, 1.54) is 30.7 Å². The van der Waals surface area contributed by atoms with E-state index in [9.17, 15) is 14.4 Å². The van der Waals surface area contributed by atoms with E-state index in [4.69, 9.17) is 18.9 Å². The standard InChI is InChI=1S/C31H34O7/c1-20(15-16-26-22(3)18-29(35-7)24(5)23(26)4)11-10-12-21(2)17-30(33)36-19-31(34)38-28-14-9-8-13-27(28)37-25(6)32/h8-18H,19H2,1-7H3. The van der Waals surface area contributed by atoms with Gasteiger partial charge in [0.25, 0.3) is 0 Å². The Morgan fingerprint density at radius 3 is 2.13 bits per heavy atom. The molecular formula is C31H34O7. The summed E-state index contributed by atoms with van der Waals surface area (Å²) in [5.74, 6) is -0.992. The van der Waals surface area contributed by atoms with Gasteiger partial charge >= 0.3 is 17.9 Å². The Morgan fingerprint density at radius 1 is 0.842 bits per heavy atom. The zero-order chi connectivity index (χ0) is 28.2. The Kier molecular flexibility index (Phi) is 11.3. The molecule has 200 valence electrons. The molecule has 38 heavy (non-hydrogen) atoms. The average molecular weight is 519 g/mol. The van der Waals surface area contributed by atoms with Crippen molar-refractivity contribution in [1.29, 1.82) is 0 Å². The normalized spacial score (nSPS) is 12.1. The molecule has 0 unspecified atom stereocenters. The maximum absolute atomic E-state index is 12.1. The SMILES string of the molecule is COc1cc(C)c(C=CC(C)=CC=CC(C)=CC(=O)OCC(=O)Oc2ccccc2OC(C)=O)c(C)c1C. The van der Waals surface area contributed by atoms with Crippen molar-refractivity contribution >= 4 is 24.0 Å². The first kappa shape index (κ1) is 29.8. The lowest BCUT2D eigenvalue weighted by Crippen LogP contribution is -2.18. The number of ether oxygens (including phenoxy) is 4. The lowest BCUT2D eigenvalue weighted by atomic mass is 9.96. The zero-order valence-electron chi connectivity index (χ0n) is 22.9. The predicted octanol–water partition coefficient (Wildman–Crippen LogP) is 6.16. The van der Waals surface area contributed by atoms with Crippen molar-refractivity contribution in [2.75, 3.05) is 13.7 Å². The van der Waals surface area contributed by atoms with Crippen molar-refractivity contribution in [3.05, 3.63) is 94.1 Å². The molecule has 0 aromatic heterocycles. The maximum Gasteiger partial charge on any atom is 0.349 e. The van der Waals surface area contributed by atoms with Crippen LogP contribution in [0, 0.1) is 20.8 Å². The van der Waals surface area contributed by atoms with Gasteiger partial charge in [0.1, 0.15) is 5.75 Å². The number of carbonyl (C=O) groups is 3. The number of allylic oxidation sites excluding steroid dienone is 6. The highest BCUT2D eigenvalue weighted by Gasteiger charge is 2.13. The summed E-state index contributed by atoms with van der Waals surface area (Å²) < 4.78 is 20.5. The Balaban J connectivity index is 1.92. The Morgan fingerprint density at radius 2 is 1.50 bits per heavy atom. The summed E-state index contributed by atoms with van der Waals surface area (Å²) in [6.45, 7) is 10.6. The molecule has 0 aliphatic rings. The first-order chi connectivity index (χ1) is 18.0. The van der Waals surface area contributed by atoms with Crippen LogP contribution in [0.25, 0.3) is 6.08 Å². The van der Waals surface area contributed by atoms with Gasteiger partial charge in [-0.2, -0.15) is 0 Å². The van der Waals surface area contributed by atoms with E-state index in [0.29, 0.717) is 5.57 Å². The van der Waals surface area contributed by atoms with Crippen molar-refractivity contribution in [3.8, 4) is 17.2 Å². The smallest absolute Gasteiger partial charge is 0.349 e. The van der Waals surface area contributed by atoms with Crippen molar-refractivity contribution in [1.82, 2.24) is 0 Å². The molecule has 2 aromatic rings. The summed E-state index contributed by atoms with van der Waals surface area (Å²) in [4.78, 5) is 35.3. The highest BCUT2D eigenvalue weighted by Crippen LogP contribution is 2.29. The van der Waals surface area contributed by atoms with Crippen LogP contribution in [-0.4, -0.2) is 31.6 Å². The number of rotatable bonds is 10. The Hall–Kier alpha value is -4.39. The van der Waals surface area contributed by atoms with Crippen LogP contribution in [0.4, 0.5) is 0 Å². The van der Waals surface area contributed by atoms with Gasteiger partial charge in [0.05, 0.1) is 7.11 Å². The number of hydrogen-bond donors (Lipinski definition) is 0. The third kappa shape index (κ3) is 9.24. The minimum atomic E-state index is -0.803. The molecule has 0 atom stereocenters. The largest absolute Gasteiger partial charge is 0.496 e. The average Bonchev–Trinajstić information content (AvgIpc) is 2.85. The van der Waals surface area contributed by atoms with Gasteiger partial charge in [0.2, 0.25) is 0 Å². The van der Waals surface area contributed by atoms with Crippen LogP contribution < -0.4 is 14.2 Å². The fraction of sp³-hybridized carbons (Fsp3) is 0.258. The lowest BCUT2D eigenvalue weighted by molar-refractivity contribution is -0.150. The summed E-state index contributed by atoms with van der Waals surface area (Å²) in [5.41, 5.74) is 6.27. The van der Waals surface area contributed by atoms with Crippen LogP contribution >= 0.6 is 0 Å². The maximum atomic E-state index is 12.1. The molecule has 0 bridgehead atoms. The number of hydrogen-bond acceptors (Lipinski definition) is 7. The second kappa shape index (κ2) is 14.4. The van der Waals surface area contributed by atoms with Crippen LogP contribution in [0.3, 0.4) is 0 Å². The minimum absolute atomic E-state index is 0.0575. The van der Waals surface area contributed by atoms with Crippen molar-refractivity contribution in [2.24, 2.45) is 0 Å². The molecular weight excluding hydrogens is 484 g/mol. The van der Waals surface area contributed by atoms with Gasteiger partial charge < -0.3 is 18.9 Å². The van der Waals surface area contributed by atoms with Gasteiger partial charge in [0.15, 0.2) is 18.1 Å². The van der Waals surface area contributed by atoms with E-state index in [0.717, 1.165) is 28.0 Å². The summed E-state index contributed by atoms with van der Waals surface area (Å²) in [6, 6.07) is 8.25. The number of aryl methyl sites for hydroxylation is 1. The van der Waals surface area contributed by atoms with Crippen molar-refractivity contribution in [2.45, 2.75) is 41.5 Å². The molecule has 0 amide bonds. The Bertz CT molecular complexity index is 1310. The van der Waals surface area contributed by atoms with Gasteiger partial charge in [-0.3, -0.25) is 4.79 Å². The van der Waals surface area contributed by atoms with Gasteiger partial charge in [-0.25, -0.2) is 9.59 Å². The topological polar surface area (TPSA) is 88.1 Å². The molecule has 2 aromatic carbocycles. The second-order valence-electron chi connectivity index (χ2n) is 8.67. The number of para-hydroxylation sites is 2. The number of carbonyl (C=O) groups excluding carboxylic acids is 3. The second-order valence-corrected chi connectivity index (χ2v) is 8.67. The van der Waals surface area contributed by atoms with E-state index in [-0.39, 0.29) is 11.5 Å². The van der Waals surface area contributed by atoms with Crippen LogP contribution in [0.15, 0.2) is 71.9 Å². The molecule has 0 saturated heterocycles. The summed E-state index contributed by atoms with van der Waals surface area (Å²) >= 11 is 0. The molecule has 0 heterocycles. The van der Waals surface area contributed by atoms with E-state index in [2.05, 4.69) is 19.9 Å². The van der Waals surface area contributed by atoms with Gasteiger partial charge in [-0.1, -0.05) is 48.1 Å². The lowest BCUT2D eigenvalue weighted by Gasteiger charge is -2.13. The third-order valence-electron chi connectivity index (χ3n) is 5.56. The third-order valence-corrected chi connectivity index (χ3v) is 5.56. The molecule has 0 spiro atoms. The van der Waals surface area contributed by atoms with Gasteiger partial charge in [-0.05, 0) is 80.6 Å². The van der Waals surface area contributed by atoms with Gasteiger partial charge in [-0.15, -0.1) is 0 Å². The predicted molar refractivity (Wildman–Crippen MR) is 147 cm³/mol. The summed E-state index contributed by atoms with van der Waals surface area (Å²) in [5, 5.41) is 0. The highest BCUT2D eigenvalue weighted by molar-refractivity contribution is 5.86. The number of esters is 3. The molecule has 0 fully saturated rings. The summed E-state index contributed by atoms with van der Waals surface area (Å²) in [6.07, 6.45) is 10.9. The quantitative estimate of drug-likeness (QED) is 0.161. The van der Waals surface area contributed by atoms with Gasteiger partial charge in [0, 0.05) is 13.0 Å². The van der Waals surface area contributed by atoms with Crippen LogP contribution in [-0.2, 0) is 19.1 Å². The van der Waals surface area contributed by atoms with Crippen molar-refractivity contribution in [3.63, 3.8) is 0 Å². The highest BCUT2D eigenvalue weighted by atomic mass is 16.6. The molecule has 7 heteroatoms. The fourth-order valence-corrected chi connectivity index (χ4v) is 3.49. The van der Waals surface area contributed by atoms with E-state index in [1.54, 1.807) is 32.2 Å². The molecule has 7 nitrogen and oxygen atoms in total. The van der Waals surface area contributed by atoms with Crippen LogP contribution in [0.2, 0.25) is 0 Å². The molecule has 0 radical (unpaired) electrons. The molecule has 0 saturated carbocycles. The van der Waals surface area contributed by atoms with E-state index < -0.39 is 24.5 Å². The van der Waals surface area contributed by atoms with E-state index >= 15 is 0 Å². The molecule has 0 N–H and O–H groups in total. The molecule has 0 aliphatic heterocycles. The first-order valence-corrected chi connectivity index (χ1v) is 12.0. The number of benzene rings is 2. The van der Waals surface area contributed by atoms with Crippen LogP contribution in [0.5, 0.6) is 17.2 Å². The minimum Gasteiger partial charge on any atom is -0.496 e. The number of methoxy groups -OCH3 is 1. The first-order valence-electron chi connectivity index (χ1n) is 12.0. The van der Waals surface area contributed by atoms with E-state index in [1.807, 2.05) is 38.1 Å². The molecule has 0 aliphatic carbocycles. The van der Waals surface area contributed by atoms with Crippen LogP contribution in [0.1, 0.15) is 43.0 Å². The summed E-state index contributed by atoms with van der Waals surface area (Å²) in [7, 11) is 1.68. The molecule has 2 rings (SSSR count).